The lowest BCUT2D eigenvalue weighted by atomic mass is 10.1. The first-order chi connectivity index (χ1) is 14.3. The van der Waals surface area contributed by atoms with Gasteiger partial charge < -0.3 is 10.3 Å². The summed E-state index contributed by atoms with van der Waals surface area (Å²) in [6.07, 6.45) is -4.61. The second-order valence-electron chi connectivity index (χ2n) is 5.95. The lowest BCUT2D eigenvalue weighted by Gasteiger charge is -2.13. The van der Waals surface area contributed by atoms with Gasteiger partial charge in [-0.25, -0.2) is 4.98 Å². The molecule has 0 saturated carbocycles. The lowest BCUT2D eigenvalue weighted by Crippen LogP contribution is -2.19. The summed E-state index contributed by atoms with van der Waals surface area (Å²) < 4.78 is 39.1. The van der Waals surface area contributed by atoms with E-state index in [1.54, 1.807) is 36.4 Å². The smallest absolute Gasteiger partial charge is 0.325 e. The maximum absolute atomic E-state index is 13.0. The molecule has 0 fully saturated rings. The number of para-hydroxylation sites is 1. The Labute approximate surface area is 172 Å². The molecule has 1 heterocycles. The van der Waals surface area contributed by atoms with E-state index in [0.717, 1.165) is 23.9 Å². The summed E-state index contributed by atoms with van der Waals surface area (Å²) in [5.41, 5.74) is -1.45. The molecule has 1 aromatic heterocycles. The number of nitrogens with one attached hydrogen (secondary N) is 2. The number of thioether (sulfide) groups is 1. The summed E-state index contributed by atoms with van der Waals surface area (Å²) >= 11 is 0.834. The van der Waals surface area contributed by atoms with Gasteiger partial charge in [0.2, 0.25) is 5.91 Å². The van der Waals surface area contributed by atoms with Crippen molar-refractivity contribution in [3.63, 3.8) is 0 Å². The molecule has 10 heteroatoms. The highest BCUT2D eigenvalue weighted by atomic mass is 32.2. The number of hydrogen-bond acceptors (Lipinski definition) is 5. The molecule has 0 saturated heterocycles. The van der Waals surface area contributed by atoms with Gasteiger partial charge in [0, 0.05) is 5.56 Å². The van der Waals surface area contributed by atoms with Crippen molar-refractivity contribution in [3.8, 4) is 17.3 Å². The van der Waals surface area contributed by atoms with Crippen LogP contribution in [0.3, 0.4) is 0 Å². The summed E-state index contributed by atoms with van der Waals surface area (Å²) in [6.45, 7) is 0. The number of benzene rings is 2. The van der Waals surface area contributed by atoms with E-state index in [1.807, 2.05) is 0 Å². The van der Waals surface area contributed by atoms with Crippen molar-refractivity contribution in [1.29, 1.82) is 5.26 Å². The van der Waals surface area contributed by atoms with Gasteiger partial charge in [-0.1, -0.05) is 54.2 Å². The number of amides is 1. The largest absolute Gasteiger partial charge is 0.418 e. The van der Waals surface area contributed by atoms with Crippen molar-refractivity contribution >= 4 is 23.4 Å². The van der Waals surface area contributed by atoms with E-state index < -0.39 is 23.2 Å². The zero-order valence-electron chi connectivity index (χ0n) is 15.2. The van der Waals surface area contributed by atoms with Crippen LogP contribution in [0.2, 0.25) is 0 Å². The Kier molecular flexibility index (Phi) is 6.23. The van der Waals surface area contributed by atoms with E-state index in [-0.39, 0.29) is 27.9 Å². The minimum Gasteiger partial charge on any atom is -0.325 e. The molecule has 0 aliphatic rings. The summed E-state index contributed by atoms with van der Waals surface area (Å²) in [5.74, 6) is -1.00. The molecule has 0 bridgehead atoms. The maximum atomic E-state index is 13.0. The van der Waals surface area contributed by atoms with Gasteiger partial charge in [-0.3, -0.25) is 9.59 Å². The van der Waals surface area contributed by atoms with E-state index in [0.29, 0.717) is 5.56 Å². The molecule has 1 amide bonds. The summed E-state index contributed by atoms with van der Waals surface area (Å²) in [6, 6.07) is 15.0. The molecule has 0 spiro atoms. The highest BCUT2D eigenvalue weighted by Gasteiger charge is 2.33. The summed E-state index contributed by atoms with van der Waals surface area (Å²) in [7, 11) is 0. The number of rotatable bonds is 5. The van der Waals surface area contributed by atoms with Gasteiger partial charge in [0.1, 0.15) is 11.6 Å². The van der Waals surface area contributed by atoms with E-state index >= 15 is 0 Å². The normalized spacial score (nSPS) is 11.0. The number of H-pyrrole nitrogens is 1. The molecule has 3 aromatic rings. The van der Waals surface area contributed by atoms with E-state index in [4.69, 9.17) is 0 Å². The number of hydrogen-bond donors (Lipinski definition) is 2. The average Bonchev–Trinajstić information content (AvgIpc) is 2.72. The highest BCUT2D eigenvalue weighted by molar-refractivity contribution is 7.99. The molecule has 0 aliphatic heterocycles. The third-order valence-corrected chi connectivity index (χ3v) is 4.78. The second kappa shape index (κ2) is 8.84. The molecule has 152 valence electrons. The molecule has 0 atom stereocenters. The number of aromatic nitrogens is 2. The zero-order valence-corrected chi connectivity index (χ0v) is 16.0. The first-order valence-electron chi connectivity index (χ1n) is 8.48. The van der Waals surface area contributed by atoms with Crippen LogP contribution >= 0.6 is 11.8 Å². The molecular weight excluding hydrogens is 417 g/mol. The van der Waals surface area contributed by atoms with Crippen LogP contribution in [0.4, 0.5) is 18.9 Å². The van der Waals surface area contributed by atoms with Crippen LogP contribution in [0.1, 0.15) is 11.1 Å². The molecule has 3 rings (SSSR count). The molecule has 2 aromatic carbocycles. The van der Waals surface area contributed by atoms with Crippen LogP contribution in [0, 0.1) is 11.3 Å². The second-order valence-corrected chi connectivity index (χ2v) is 6.92. The van der Waals surface area contributed by atoms with Crippen molar-refractivity contribution in [2.45, 2.75) is 11.3 Å². The third kappa shape index (κ3) is 4.87. The van der Waals surface area contributed by atoms with Gasteiger partial charge in [-0.2, -0.15) is 18.4 Å². The van der Waals surface area contributed by atoms with Crippen LogP contribution in [0.15, 0.2) is 64.5 Å². The zero-order chi connectivity index (χ0) is 21.7. The van der Waals surface area contributed by atoms with Gasteiger partial charge in [0.05, 0.1) is 22.7 Å². The number of carbonyl (C=O) groups is 1. The van der Waals surface area contributed by atoms with Gasteiger partial charge in [-0.15, -0.1) is 0 Å². The van der Waals surface area contributed by atoms with E-state index in [2.05, 4.69) is 15.3 Å². The minimum atomic E-state index is -4.61. The average molecular weight is 430 g/mol. The van der Waals surface area contributed by atoms with E-state index in [9.17, 15) is 28.0 Å². The number of nitrogens with zero attached hydrogens (tertiary/aromatic N) is 2. The lowest BCUT2D eigenvalue weighted by molar-refractivity contribution is -0.137. The maximum Gasteiger partial charge on any atom is 0.418 e. The molecule has 30 heavy (non-hydrogen) atoms. The van der Waals surface area contributed by atoms with Gasteiger partial charge in [0.15, 0.2) is 5.16 Å². The van der Waals surface area contributed by atoms with Gasteiger partial charge in [0.25, 0.3) is 5.56 Å². The fourth-order valence-corrected chi connectivity index (χ4v) is 3.25. The van der Waals surface area contributed by atoms with Crippen LogP contribution in [-0.2, 0) is 11.0 Å². The minimum absolute atomic E-state index is 0.0668. The third-order valence-electron chi connectivity index (χ3n) is 3.90. The Hall–Kier alpha value is -3.58. The SMILES string of the molecule is N#Cc1c(-c2ccccc2)nc(SCC(=O)Nc2ccccc2C(F)(F)F)[nH]c1=O. The molecule has 2 N–H and O–H groups in total. The number of aromatic amines is 1. The van der Waals surface area contributed by atoms with E-state index in [1.165, 1.54) is 12.1 Å². The Morgan fingerprint density at radius 3 is 2.47 bits per heavy atom. The predicted molar refractivity (Wildman–Crippen MR) is 106 cm³/mol. The van der Waals surface area contributed by atoms with Crippen LogP contribution in [0.5, 0.6) is 0 Å². The number of carbonyl (C=O) groups excluding carboxylic acids is 1. The van der Waals surface area contributed by atoms with Gasteiger partial charge >= 0.3 is 6.18 Å². The van der Waals surface area contributed by atoms with Crippen molar-refractivity contribution in [1.82, 2.24) is 9.97 Å². The monoisotopic (exact) mass is 430 g/mol. The Bertz CT molecular complexity index is 1170. The molecule has 0 radical (unpaired) electrons. The van der Waals surface area contributed by atoms with Crippen LogP contribution in [0.25, 0.3) is 11.3 Å². The first-order valence-corrected chi connectivity index (χ1v) is 9.47. The summed E-state index contributed by atoms with van der Waals surface area (Å²) in [5, 5.41) is 11.5. The topological polar surface area (TPSA) is 98.6 Å². The molecule has 6 nitrogen and oxygen atoms in total. The number of halogens is 3. The van der Waals surface area contributed by atoms with Crippen LogP contribution in [-0.4, -0.2) is 21.6 Å². The molecular formula is C20H13F3N4O2S. The fraction of sp³-hybridized carbons (Fsp3) is 0.100. The standard InChI is InChI=1S/C20H13F3N4O2S/c21-20(22,23)14-8-4-5-9-15(14)25-16(28)11-30-19-26-17(12-6-2-1-3-7-12)13(10-24)18(29)27-19/h1-9H,11H2,(H,25,28)(H,26,27,29). The molecule has 0 unspecified atom stereocenters. The summed E-state index contributed by atoms with van der Waals surface area (Å²) in [4.78, 5) is 31.0. The highest BCUT2D eigenvalue weighted by Crippen LogP contribution is 2.34. The van der Waals surface area contributed by atoms with Crippen molar-refractivity contribution in [2.75, 3.05) is 11.1 Å². The fourth-order valence-electron chi connectivity index (χ4n) is 2.59. The van der Waals surface area contributed by atoms with Crippen LogP contribution < -0.4 is 10.9 Å². The number of nitriles is 1. The number of alkyl halides is 3. The van der Waals surface area contributed by atoms with Gasteiger partial charge in [-0.05, 0) is 12.1 Å². The van der Waals surface area contributed by atoms with Crippen molar-refractivity contribution in [2.24, 2.45) is 0 Å². The predicted octanol–water partition coefficient (Wildman–Crippen LogP) is 4.06. The quantitative estimate of drug-likeness (QED) is 0.470. The Balaban J connectivity index is 1.79. The molecule has 0 aliphatic carbocycles. The Morgan fingerprint density at radius 2 is 1.80 bits per heavy atom. The van der Waals surface area contributed by atoms with Crippen molar-refractivity contribution in [3.05, 3.63) is 76.1 Å². The first kappa shape index (κ1) is 21.1. The Morgan fingerprint density at radius 1 is 1.13 bits per heavy atom. The number of anilines is 1. The van der Waals surface area contributed by atoms with Crippen molar-refractivity contribution < 1.29 is 18.0 Å².